The molecule has 0 amide bonds. The van der Waals surface area contributed by atoms with Crippen molar-refractivity contribution in [3.05, 3.63) is 107 Å². The third-order valence-electron chi connectivity index (χ3n) is 6.93. The van der Waals surface area contributed by atoms with Crippen molar-refractivity contribution in [2.24, 2.45) is 0 Å². The molecule has 0 fully saturated rings. The summed E-state index contributed by atoms with van der Waals surface area (Å²) in [5, 5.41) is 18.4. The third-order valence-corrected chi connectivity index (χ3v) is 6.93. The van der Waals surface area contributed by atoms with Crippen LogP contribution in [0.4, 0.5) is 4.39 Å². The first kappa shape index (κ1) is 31.1. The lowest BCUT2D eigenvalue weighted by atomic mass is 9.98. The lowest BCUT2D eigenvalue weighted by Crippen LogP contribution is -2.03. The van der Waals surface area contributed by atoms with E-state index in [2.05, 4.69) is 50.4 Å². The summed E-state index contributed by atoms with van der Waals surface area (Å²) in [7, 11) is 0. The monoisotopic (exact) mass is 546 g/mol. The van der Waals surface area contributed by atoms with Gasteiger partial charge in [0.15, 0.2) is 0 Å². The van der Waals surface area contributed by atoms with E-state index in [1.165, 1.54) is 5.56 Å². The van der Waals surface area contributed by atoms with Gasteiger partial charge in [-0.3, -0.25) is 0 Å². The third kappa shape index (κ3) is 10.3. The first-order valence-electron chi connectivity index (χ1n) is 14.2. The molecule has 0 aliphatic carbocycles. The SMILES string of the molecule is C=C(CO)CCOc1cc(OCCC(=C)CO)cc(-c2ccc(CCc3ccc(CCCCC)c(F)c3)cc2)c1. The molecule has 0 radical (unpaired) electrons. The molecule has 0 saturated carbocycles. The van der Waals surface area contributed by atoms with Gasteiger partial charge in [-0.1, -0.05) is 69.3 Å². The van der Waals surface area contributed by atoms with Gasteiger partial charge in [0, 0.05) is 18.9 Å². The molecule has 0 spiro atoms. The minimum absolute atomic E-state index is 0.0574. The van der Waals surface area contributed by atoms with Gasteiger partial charge < -0.3 is 19.7 Å². The first-order valence-corrected chi connectivity index (χ1v) is 14.2. The van der Waals surface area contributed by atoms with Crippen molar-refractivity contribution in [1.29, 1.82) is 0 Å². The lowest BCUT2D eigenvalue weighted by molar-refractivity contribution is 0.285. The molecule has 40 heavy (non-hydrogen) atoms. The molecule has 0 saturated heterocycles. The molecule has 0 heterocycles. The highest BCUT2D eigenvalue weighted by Crippen LogP contribution is 2.31. The van der Waals surface area contributed by atoms with E-state index in [9.17, 15) is 14.6 Å². The fourth-order valence-electron chi connectivity index (χ4n) is 4.36. The quantitative estimate of drug-likeness (QED) is 0.127. The molecule has 3 aromatic carbocycles. The Bertz CT molecular complexity index is 1190. The predicted molar refractivity (Wildman–Crippen MR) is 162 cm³/mol. The molecule has 0 bridgehead atoms. The number of ether oxygens (including phenoxy) is 2. The summed E-state index contributed by atoms with van der Waals surface area (Å²) < 4.78 is 26.4. The number of unbranched alkanes of at least 4 members (excludes halogenated alkanes) is 2. The second kappa shape index (κ2) is 16.6. The van der Waals surface area contributed by atoms with Crippen LogP contribution in [0.3, 0.4) is 0 Å². The average molecular weight is 547 g/mol. The van der Waals surface area contributed by atoms with E-state index >= 15 is 0 Å². The number of benzene rings is 3. The fourth-order valence-corrected chi connectivity index (χ4v) is 4.36. The smallest absolute Gasteiger partial charge is 0.126 e. The number of aliphatic hydroxyl groups is 2. The van der Waals surface area contributed by atoms with Crippen LogP contribution in [0.15, 0.2) is 85.0 Å². The Morgan fingerprint density at radius 3 is 1.82 bits per heavy atom. The van der Waals surface area contributed by atoms with E-state index in [1.807, 2.05) is 24.3 Å². The summed E-state index contributed by atoms with van der Waals surface area (Å²) in [6, 6.07) is 19.8. The van der Waals surface area contributed by atoms with Crippen molar-refractivity contribution in [3.8, 4) is 22.6 Å². The van der Waals surface area contributed by atoms with E-state index in [-0.39, 0.29) is 19.0 Å². The van der Waals surface area contributed by atoms with Crippen LogP contribution in [0.2, 0.25) is 0 Å². The lowest BCUT2D eigenvalue weighted by Gasteiger charge is -2.14. The summed E-state index contributed by atoms with van der Waals surface area (Å²) >= 11 is 0. The van der Waals surface area contributed by atoms with Crippen molar-refractivity contribution in [2.45, 2.75) is 58.3 Å². The van der Waals surface area contributed by atoms with Crippen molar-refractivity contribution in [3.63, 3.8) is 0 Å². The maximum absolute atomic E-state index is 14.5. The Labute approximate surface area is 238 Å². The first-order chi connectivity index (χ1) is 19.4. The van der Waals surface area contributed by atoms with E-state index in [0.29, 0.717) is 37.6 Å². The van der Waals surface area contributed by atoms with Gasteiger partial charge in [-0.15, -0.1) is 0 Å². The second-order valence-electron chi connectivity index (χ2n) is 10.3. The highest BCUT2D eigenvalue weighted by atomic mass is 19.1. The molecule has 0 aliphatic heterocycles. The number of aryl methyl sites for hydroxylation is 3. The van der Waals surface area contributed by atoms with Crippen molar-refractivity contribution in [2.75, 3.05) is 26.4 Å². The number of hydrogen-bond donors (Lipinski definition) is 2. The molecule has 0 unspecified atom stereocenters. The number of rotatable bonds is 18. The summed E-state index contributed by atoms with van der Waals surface area (Å²) in [5.41, 5.74) is 6.44. The molecule has 0 aliphatic rings. The molecule has 3 rings (SSSR count). The van der Waals surface area contributed by atoms with E-state index in [4.69, 9.17) is 9.47 Å². The Kier molecular flexibility index (Phi) is 12.9. The minimum atomic E-state index is -0.0922. The van der Waals surface area contributed by atoms with Gasteiger partial charge in [0.1, 0.15) is 17.3 Å². The Balaban J connectivity index is 1.67. The van der Waals surface area contributed by atoms with Crippen LogP contribution in [0.1, 0.15) is 55.7 Å². The Morgan fingerprint density at radius 1 is 0.700 bits per heavy atom. The molecule has 0 atom stereocenters. The predicted octanol–water partition coefficient (Wildman–Crippen LogP) is 7.65. The van der Waals surface area contributed by atoms with Gasteiger partial charge in [0.2, 0.25) is 0 Å². The van der Waals surface area contributed by atoms with Gasteiger partial charge in [-0.05, 0) is 82.8 Å². The maximum atomic E-state index is 14.5. The van der Waals surface area contributed by atoms with Crippen LogP contribution >= 0.6 is 0 Å². The molecule has 214 valence electrons. The molecule has 3 aromatic rings. The highest BCUT2D eigenvalue weighted by Gasteiger charge is 2.08. The van der Waals surface area contributed by atoms with Crippen molar-refractivity contribution in [1.82, 2.24) is 0 Å². The van der Waals surface area contributed by atoms with Gasteiger partial charge in [0.25, 0.3) is 0 Å². The molecular formula is C35H43FO4. The normalized spacial score (nSPS) is 10.9. The summed E-state index contributed by atoms with van der Waals surface area (Å²) in [6.45, 7) is 10.5. The standard InChI is InChI=1S/C35H43FO4/c1-4-5-6-7-31-15-12-29(20-35(31)36)9-8-28-10-13-30(14-11-28)32-21-33(39-18-16-26(2)24-37)23-34(22-32)40-19-17-27(3)25-38/h10-15,20-23,37-38H,2-9,16-19,24-25H2,1H3. The zero-order chi connectivity index (χ0) is 28.7. The maximum Gasteiger partial charge on any atom is 0.126 e. The van der Waals surface area contributed by atoms with Crippen LogP contribution in [-0.2, 0) is 19.3 Å². The Morgan fingerprint density at radius 2 is 1.27 bits per heavy atom. The largest absolute Gasteiger partial charge is 0.493 e. The number of hydrogen-bond acceptors (Lipinski definition) is 4. The number of halogens is 1. The molecule has 4 nitrogen and oxygen atoms in total. The molecule has 5 heteroatoms. The molecule has 0 aromatic heterocycles. The van der Waals surface area contributed by atoms with E-state index < -0.39 is 0 Å². The van der Waals surface area contributed by atoms with Gasteiger partial charge >= 0.3 is 0 Å². The average Bonchev–Trinajstić information content (AvgIpc) is 2.97. The molecular weight excluding hydrogens is 503 g/mol. The molecule has 2 N–H and O–H groups in total. The van der Waals surface area contributed by atoms with Crippen LogP contribution in [0.5, 0.6) is 11.5 Å². The Hall–Kier alpha value is -3.41. The van der Waals surface area contributed by atoms with E-state index in [0.717, 1.165) is 71.9 Å². The van der Waals surface area contributed by atoms with Crippen LogP contribution in [0, 0.1) is 5.82 Å². The van der Waals surface area contributed by atoms with Gasteiger partial charge in [0.05, 0.1) is 26.4 Å². The second-order valence-corrected chi connectivity index (χ2v) is 10.3. The van der Waals surface area contributed by atoms with Crippen LogP contribution in [0.25, 0.3) is 11.1 Å². The fraction of sp³-hybridized carbons (Fsp3) is 0.371. The summed E-state index contributed by atoms with van der Waals surface area (Å²) in [4.78, 5) is 0. The minimum Gasteiger partial charge on any atom is -0.493 e. The zero-order valence-corrected chi connectivity index (χ0v) is 23.8. The van der Waals surface area contributed by atoms with Gasteiger partial charge in [-0.25, -0.2) is 4.39 Å². The van der Waals surface area contributed by atoms with Crippen molar-refractivity contribution < 1.29 is 24.1 Å². The van der Waals surface area contributed by atoms with Crippen molar-refractivity contribution >= 4 is 0 Å². The van der Waals surface area contributed by atoms with Gasteiger partial charge in [-0.2, -0.15) is 0 Å². The zero-order valence-electron chi connectivity index (χ0n) is 23.8. The van der Waals surface area contributed by atoms with Crippen LogP contribution < -0.4 is 9.47 Å². The van der Waals surface area contributed by atoms with Crippen LogP contribution in [-0.4, -0.2) is 36.6 Å². The number of aliphatic hydroxyl groups excluding tert-OH is 2. The van der Waals surface area contributed by atoms with E-state index in [1.54, 1.807) is 6.07 Å². The summed E-state index contributed by atoms with van der Waals surface area (Å²) in [6.07, 6.45) is 6.83. The topological polar surface area (TPSA) is 58.9 Å². The summed E-state index contributed by atoms with van der Waals surface area (Å²) in [5.74, 6) is 1.25. The highest BCUT2D eigenvalue weighted by molar-refractivity contribution is 5.67.